The maximum atomic E-state index is 12.8. The Labute approximate surface area is 181 Å². The summed E-state index contributed by atoms with van der Waals surface area (Å²) >= 11 is 0. The molecule has 0 saturated heterocycles. The summed E-state index contributed by atoms with van der Waals surface area (Å²) in [5.74, 6) is 2.28. The Morgan fingerprint density at radius 2 is 1.90 bits per heavy atom. The monoisotopic (exact) mass is 424 g/mol. The van der Waals surface area contributed by atoms with E-state index < -0.39 is 10.8 Å². The largest absolute Gasteiger partial charge is 0.495 e. The zero-order chi connectivity index (χ0) is 22.2. The number of rotatable bonds is 7. The van der Waals surface area contributed by atoms with Crippen LogP contribution in [0.3, 0.4) is 0 Å². The van der Waals surface area contributed by atoms with Gasteiger partial charge in [0.1, 0.15) is 17.4 Å². The number of amides is 1. The van der Waals surface area contributed by atoms with Crippen LogP contribution in [0.2, 0.25) is 0 Å². The predicted molar refractivity (Wildman–Crippen MR) is 115 cm³/mol. The van der Waals surface area contributed by atoms with Gasteiger partial charge in [-0.3, -0.25) is 14.9 Å². The van der Waals surface area contributed by atoms with E-state index in [1.807, 2.05) is 6.07 Å². The number of nitrogens with zero attached hydrogens (tertiary/aromatic N) is 2. The smallest absolute Gasteiger partial charge is 0.271 e. The average Bonchev–Trinajstić information content (AvgIpc) is 2.73. The van der Waals surface area contributed by atoms with Crippen LogP contribution in [0.15, 0.2) is 30.0 Å². The van der Waals surface area contributed by atoms with Crippen molar-refractivity contribution < 1.29 is 14.5 Å². The number of nitrogens with one attached hydrogen (secondary N) is 2. The number of anilines is 1. The number of benzene rings is 1. The SMILES string of the molecule is COc1ccc([N+](=O)[O-])cc1N/C=C(/C#N)C(=O)NC(C)C12CC3CC(CC(C3)C1)C2. The van der Waals surface area contributed by atoms with Crippen molar-refractivity contribution in [3.63, 3.8) is 0 Å². The van der Waals surface area contributed by atoms with E-state index in [2.05, 4.69) is 17.6 Å². The number of methoxy groups -OCH3 is 1. The zero-order valence-corrected chi connectivity index (χ0v) is 17.9. The molecule has 8 nitrogen and oxygen atoms in total. The lowest BCUT2D eigenvalue weighted by Gasteiger charge is -2.59. The van der Waals surface area contributed by atoms with Crippen molar-refractivity contribution in [2.24, 2.45) is 23.2 Å². The number of non-ortho nitro benzene ring substituents is 1. The number of ether oxygens (including phenoxy) is 1. The van der Waals surface area contributed by atoms with Crippen LogP contribution in [0.25, 0.3) is 0 Å². The lowest BCUT2D eigenvalue weighted by Crippen LogP contribution is -2.56. The Hall–Kier alpha value is -3.08. The van der Waals surface area contributed by atoms with Gasteiger partial charge in [0.2, 0.25) is 0 Å². The molecule has 8 heteroatoms. The number of nitro groups is 1. The Morgan fingerprint density at radius 3 is 2.42 bits per heavy atom. The molecule has 2 N–H and O–H groups in total. The van der Waals surface area contributed by atoms with Gasteiger partial charge in [0.15, 0.2) is 0 Å². The first-order valence-corrected chi connectivity index (χ1v) is 10.8. The molecule has 1 aromatic rings. The molecule has 4 saturated carbocycles. The second-order valence-corrected chi connectivity index (χ2v) is 9.43. The summed E-state index contributed by atoms with van der Waals surface area (Å²) in [7, 11) is 1.45. The minimum Gasteiger partial charge on any atom is -0.495 e. The van der Waals surface area contributed by atoms with E-state index in [9.17, 15) is 20.2 Å². The van der Waals surface area contributed by atoms with Gasteiger partial charge in [0.25, 0.3) is 11.6 Å². The van der Waals surface area contributed by atoms with Crippen molar-refractivity contribution in [1.29, 1.82) is 5.26 Å². The maximum Gasteiger partial charge on any atom is 0.271 e. The molecule has 5 rings (SSSR count). The maximum absolute atomic E-state index is 12.8. The molecule has 4 aliphatic carbocycles. The fraction of sp³-hybridized carbons (Fsp3) is 0.565. The van der Waals surface area contributed by atoms with Crippen molar-refractivity contribution in [2.75, 3.05) is 12.4 Å². The first-order chi connectivity index (χ1) is 14.8. The van der Waals surface area contributed by atoms with Gasteiger partial charge >= 0.3 is 0 Å². The first kappa shape index (κ1) is 21.2. The highest BCUT2D eigenvalue weighted by molar-refractivity contribution is 5.97. The van der Waals surface area contributed by atoms with Crippen LogP contribution < -0.4 is 15.4 Å². The standard InChI is InChI=1S/C23H28N4O4/c1-14(23-9-15-5-16(10-23)7-17(6-15)11-23)26-22(28)18(12-24)13-25-20-8-19(27(29)30)3-4-21(20)31-2/h3-4,8,13-17,25H,5-7,9-11H2,1-2H3,(H,26,28)/b18-13-. The van der Waals surface area contributed by atoms with E-state index in [1.165, 1.54) is 50.8 Å². The fourth-order valence-electron chi connectivity index (χ4n) is 6.36. The van der Waals surface area contributed by atoms with Gasteiger partial charge in [-0.2, -0.15) is 5.26 Å². The van der Waals surface area contributed by atoms with E-state index in [0.717, 1.165) is 37.0 Å². The summed E-state index contributed by atoms with van der Waals surface area (Å²) < 4.78 is 5.21. The molecule has 31 heavy (non-hydrogen) atoms. The lowest BCUT2D eigenvalue weighted by molar-refractivity contribution is -0.384. The third-order valence-corrected chi connectivity index (χ3v) is 7.48. The van der Waals surface area contributed by atoms with Gasteiger partial charge in [-0.25, -0.2) is 0 Å². The molecule has 164 valence electrons. The molecule has 4 bridgehead atoms. The van der Waals surface area contributed by atoms with E-state index in [4.69, 9.17) is 4.74 Å². The van der Waals surface area contributed by atoms with Gasteiger partial charge < -0.3 is 15.4 Å². The minimum absolute atomic E-state index is 0.00232. The number of carbonyl (C=O) groups excluding carboxylic acids is 1. The summed E-state index contributed by atoms with van der Waals surface area (Å²) in [6.45, 7) is 2.07. The molecular formula is C23H28N4O4. The molecule has 4 aliphatic rings. The Bertz CT molecular complexity index is 930. The summed E-state index contributed by atoms with van der Waals surface area (Å²) in [6.07, 6.45) is 8.76. The van der Waals surface area contributed by atoms with Crippen LogP contribution in [0.1, 0.15) is 45.4 Å². The fourth-order valence-corrected chi connectivity index (χ4v) is 6.36. The van der Waals surface area contributed by atoms with Crippen LogP contribution in [-0.2, 0) is 4.79 Å². The average molecular weight is 425 g/mol. The van der Waals surface area contributed by atoms with Crippen LogP contribution in [0.5, 0.6) is 5.75 Å². The zero-order valence-electron chi connectivity index (χ0n) is 17.9. The minimum atomic E-state index is -0.514. The summed E-state index contributed by atoms with van der Waals surface area (Å²) in [5.41, 5.74) is 0.258. The number of carbonyl (C=O) groups is 1. The molecular weight excluding hydrogens is 396 g/mol. The third kappa shape index (κ3) is 4.09. The van der Waals surface area contributed by atoms with Crippen LogP contribution >= 0.6 is 0 Å². The molecule has 4 fully saturated rings. The molecule has 0 aromatic heterocycles. The highest BCUT2D eigenvalue weighted by Gasteiger charge is 2.53. The summed E-state index contributed by atoms with van der Waals surface area (Å²) in [4.78, 5) is 23.4. The van der Waals surface area contributed by atoms with E-state index in [0.29, 0.717) is 11.4 Å². The van der Waals surface area contributed by atoms with Crippen molar-refractivity contribution >= 4 is 17.3 Å². The number of hydrogen-bond donors (Lipinski definition) is 2. The molecule has 1 amide bonds. The van der Waals surface area contributed by atoms with Crippen molar-refractivity contribution in [3.8, 4) is 11.8 Å². The highest BCUT2D eigenvalue weighted by atomic mass is 16.6. The van der Waals surface area contributed by atoms with Crippen molar-refractivity contribution in [2.45, 2.75) is 51.5 Å². The molecule has 0 heterocycles. The van der Waals surface area contributed by atoms with Gasteiger partial charge in [-0.05, 0) is 74.7 Å². The third-order valence-electron chi connectivity index (χ3n) is 7.48. The van der Waals surface area contributed by atoms with Gasteiger partial charge in [-0.15, -0.1) is 0 Å². The van der Waals surface area contributed by atoms with Gasteiger partial charge in [-0.1, -0.05) is 0 Å². The first-order valence-electron chi connectivity index (χ1n) is 10.8. The number of nitriles is 1. The Kier molecular flexibility index (Phi) is 5.61. The molecule has 1 aromatic carbocycles. The normalized spacial score (nSPS) is 29.7. The van der Waals surface area contributed by atoms with Crippen LogP contribution in [-0.4, -0.2) is 24.0 Å². The molecule has 1 unspecified atom stereocenters. The summed E-state index contributed by atoms with van der Waals surface area (Å²) in [6, 6.07) is 6.04. The van der Waals surface area contributed by atoms with E-state index in [1.54, 1.807) is 0 Å². The quantitative estimate of drug-likeness (QED) is 0.294. The lowest BCUT2D eigenvalue weighted by atomic mass is 9.48. The Balaban J connectivity index is 1.46. The van der Waals surface area contributed by atoms with Crippen LogP contribution in [0.4, 0.5) is 11.4 Å². The second-order valence-electron chi connectivity index (χ2n) is 9.43. The topological polar surface area (TPSA) is 117 Å². The van der Waals surface area contributed by atoms with E-state index in [-0.39, 0.29) is 22.7 Å². The highest BCUT2D eigenvalue weighted by Crippen LogP contribution is 2.61. The van der Waals surface area contributed by atoms with E-state index >= 15 is 0 Å². The summed E-state index contributed by atoms with van der Waals surface area (Å²) in [5, 5.41) is 26.5. The van der Waals surface area contributed by atoms with Crippen molar-refractivity contribution in [1.82, 2.24) is 5.32 Å². The molecule has 0 spiro atoms. The molecule has 0 aliphatic heterocycles. The second kappa shape index (κ2) is 8.22. The Morgan fingerprint density at radius 1 is 1.29 bits per heavy atom. The van der Waals surface area contributed by atoms with Gasteiger partial charge in [0.05, 0.1) is 17.7 Å². The number of hydrogen-bond acceptors (Lipinski definition) is 6. The van der Waals surface area contributed by atoms with Crippen LogP contribution in [0, 0.1) is 44.6 Å². The van der Waals surface area contributed by atoms with Gasteiger partial charge in [0, 0.05) is 24.4 Å². The number of nitro benzene ring substituents is 1. The van der Waals surface area contributed by atoms with Crippen molar-refractivity contribution in [3.05, 3.63) is 40.1 Å². The molecule has 1 atom stereocenters. The predicted octanol–water partition coefficient (Wildman–Crippen LogP) is 4.14. The molecule has 0 radical (unpaired) electrons.